The Bertz CT molecular complexity index is 1320. The number of thioether (sulfide) groups is 1. The van der Waals surface area contributed by atoms with Crippen LogP contribution in [0, 0.1) is 36.5 Å². The van der Waals surface area contributed by atoms with Gasteiger partial charge in [0.05, 0.1) is 47.3 Å². The zero-order valence-electron chi connectivity index (χ0n) is 18.3. The number of aromatic nitrogens is 2. The zero-order valence-corrected chi connectivity index (χ0v) is 19.9. The first-order valence-corrected chi connectivity index (χ1v) is 11.7. The first-order valence-electron chi connectivity index (χ1n) is 10.3. The summed E-state index contributed by atoms with van der Waals surface area (Å²) in [6, 6.07) is 14.7. The molecule has 33 heavy (non-hydrogen) atoms. The summed E-state index contributed by atoms with van der Waals surface area (Å²) in [4.78, 5) is 32.5. The Kier molecular flexibility index (Phi) is 8.11. The third-order valence-electron chi connectivity index (χ3n) is 5.28. The highest BCUT2D eigenvalue weighted by atomic mass is 35.5. The lowest BCUT2D eigenvalue weighted by molar-refractivity contribution is -0.128. The minimum Gasteiger partial charge on any atom is -0.340 e. The molecule has 0 aliphatic heterocycles. The molecule has 0 atom stereocenters. The van der Waals surface area contributed by atoms with E-state index in [1.807, 2.05) is 44.2 Å². The maximum Gasteiger partial charge on any atom is 0.266 e. The van der Waals surface area contributed by atoms with Crippen molar-refractivity contribution in [2.45, 2.75) is 31.8 Å². The van der Waals surface area contributed by atoms with Crippen LogP contribution in [-0.4, -0.2) is 39.2 Å². The molecule has 3 aromatic rings. The minimum absolute atomic E-state index is 0.0141. The summed E-state index contributed by atoms with van der Waals surface area (Å²) in [7, 11) is 0. The summed E-state index contributed by atoms with van der Waals surface area (Å²) in [5.74, 6) is -0.210. The van der Waals surface area contributed by atoms with Crippen molar-refractivity contribution >= 4 is 40.2 Å². The standard InChI is InChI=1S/C24H22ClN5O2S/c1-16-6-3-7-21(17(16)2)30-23(32)19-9-8-18(25)14-20(19)28-24(30)33-15-22(31)29(12-4-10-26)13-5-11-27/h3,6-9,14H,4-5,12-13,15H2,1-2H3. The van der Waals surface area contributed by atoms with Gasteiger partial charge in [0, 0.05) is 18.1 Å². The summed E-state index contributed by atoms with van der Waals surface area (Å²) in [5, 5.41) is 19.0. The van der Waals surface area contributed by atoms with Crippen LogP contribution in [0.3, 0.4) is 0 Å². The number of halogens is 1. The second-order valence-electron chi connectivity index (χ2n) is 7.40. The lowest BCUT2D eigenvalue weighted by atomic mass is 10.1. The van der Waals surface area contributed by atoms with Gasteiger partial charge in [0.2, 0.25) is 5.91 Å². The van der Waals surface area contributed by atoms with E-state index in [9.17, 15) is 9.59 Å². The van der Waals surface area contributed by atoms with Crippen LogP contribution in [0.25, 0.3) is 16.6 Å². The van der Waals surface area contributed by atoms with Crippen molar-refractivity contribution in [1.29, 1.82) is 10.5 Å². The van der Waals surface area contributed by atoms with Gasteiger partial charge < -0.3 is 4.90 Å². The maximum absolute atomic E-state index is 13.5. The number of fused-ring (bicyclic) bond motifs is 1. The Morgan fingerprint density at radius 3 is 2.52 bits per heavy atom. The van der Waals surface area contributed by atoms with Crippen LogP contribution in [-0.2, 0) is 4.79 Å². The molecular formula is C24H22ClN5O2S. The molecule has 0 unspecified atom stereocenters. The van der Waals surface area contributed by atoms with Gasteiger partial charge in [-0.25, -0.2) is 4.98 Å². The third-order valence-corrected chi connectivity index (χ3v) is 6.44. The fourth-order valence-electron chi connectivity index (χ4n) is 3.37. The normalized spacial score (nSPS) is 10.6. The van der Waals surface area contributed by atoms with Gasteiger partial charge >= 0.3 is 0 Å². The van der Waals surface area contributed by atoms with Gasteiger partial charge in [-0.3, -0.25) is 14.2 Å². The summed E-state index contributed by atoms with van der Waals surface area (Å²) in [6.07, 6.45) is 0.365. The maximum atomic E-state index is 13.5. The lowest BCUT2D eigenvalue weighted by Gasteiger charge is -2.21. The predicted molar refractivity (Wildman–Crippen MR) is 130 cm³/mol. The van der Waals surface area contributed by atoms with Gasteiger partial charge in [0.15, 0.2) is 5.16 Å². The number of carbonyl (C=O) groups is 1. The van der Waals surface area contributed by atoms with Crippen molar-refractivity contribution in [3.63, 3.8) is 0 Å². The first kappa shape index (κ1) is 24.3. The molecule has 0 aliphatic carbocycles. The van der Waals surface area contributed by atoms with Gasteiger partial charge in [0.25, 0.3) is 5.56 Å². The van der Waals surface area contributed by atoms with E-state index in [2.05, 4.69) is 4.98 Å². The van der Waals surface area contributed by atoms with Gasteiger partial charge in [-0.2, -0.15) is 10.5 Å². The molecule has 1 aromatic heterocycles. The Morgan fingerprint density at radius 1 is 1.15 bits per heavy atom. The summed E-state index contributed by atoms with van der Waals surface area (Å²) < 4.78 is 1.53. The Labute approximate surface area is 201 Å². The highest BCUT2D eigenvalue weighted by Crippen LogP contribution is 2.26. The number of aryl methyl sites for hydroxylation is 1. The largest absolute Gasteiger partial charge is 0.340 e. The molecule has 0 aliphatic rings. The average Bonchev–Trinajstić information content (AvgIpc) is 2.79. The Balaban J connectivity index is 2.05. The minimum atomic E-state index is -0.244. The molecule has 2 aromatic carbocycles. The molecule has 0 saturated carbocycles. The molecule has 0 spiro atoms. The van der Waals surface area contributed by atoms with E-state index in [0.717, 1.165) is 22.9 Å². The lowest BCUT2D eigenvalue weighted by Crippen LogP contribution is -2.34. The van der Waals surface area contributed by atoms with E-state index in [4.69, 9.17) is 22.1 Å². The number of benzene rings is 2. The third kappa shape index (κ3) is 5.54. The molecule has 9 heteroatoms. The number of nitrogens with zero attached hydrogens (tertiary/aromatic N) is 5. The van der Waals surface area contributed by atoms with E-state index in [-0.39, 0.29) is 43.2 Å². The smallest absolute Gasteiger partial charge is 0.266 e. The molecule has 0 radical (unpaired) electrons. The topological polar surface area (TPSA) is 103 Å². The highest BCUT2D eigenvalue weighted by Gasteiger charge is 2.19. The van der Waals surface area contributed by atoms with E-state index >= 15 is 0 Å². The van der Waals surface area contributed by atoms with E-state index in [1.54, 1.807) is 18.2 Å². The molecular weight excluding hydrogens is 458 g/mol. The second-order valence-corrected chi connectivity index (χ2v) is 8.78. The van der Waals surface area contributed by atoms with Crippen molar-refractivity contribution in [2.24, 2.45) is 0 Å². The van der Waals surface area contributed by atoms with Gasteiger partial charge in [-0.15, -0.1) is 0 Å². The van der Waals surface area contributed by atoms with E-state index < -0.39 is 0 Å². The van der Waals surface area contributed by atoms with Gasteiger partial charge in [0.1, 0.15) is 0 Å². The van der Waals surface area contributed by atoms with Gasteiger partial charge in [-0.1, -0.05) is 35.5 Å². The van der Waals surface area contributed by atoms with Crippen molar-refractivity contribution in [2.75, 3.05) is 18.8 Å². The van der Waals surface area contributed by atoms with Crippen LogP contribution in [0.2, 0.25) is 5.02 Å². The van der Waals surface area contributed by atoms with Crippen LogP contribution < -0.4 is 5.56 Å². The Hall–Kier alpha value is -3.33. The number of rotatable bonds is 8. The molecule has 0 N–H and O–H groups in total. The summed E-state index contributed by atoms with van der Waals surface area (Å²) in [6.45, 7) is 4.41. The van der Waals surface area contributed by atoms with Crippen molar-refractivity contribution in [3.8, 4) is 17.8 Å². The number of hydrogen-bond acceptors (Lipinski definition) is 6. The molecule has 168 valence electrons. The van der Waals surface area contributed by atoms with Crippen LogP contribution in [0.1, 0.15) is 24.0 Å². The van der Waals surface area contributed by atoms with Crippen molar-refractivity contribution in [3.05, 3.63) is 62.9 Å². The van der Waals surface area contributed by atoms with E-state index in [1.165, 1.54) is 9.47 Å². The quantitative estimate of drug-likeness (QED) is 0.350. The number of nitriles is 2. The molecule has 1 heterocycles. The van der Waals surface area contributed by atoms with Crippen molar-refractivity contribution < 1.29 is 4.79 Å². The average molecular weight is 480 g/mol. The van der Waals surface area contributed by atoms with Crippen molar-refractivity contribution in [1.82, 2.24) is 14.5 Å². The fraction of sp³-hybridized carbons (Fsp3) is 0.292. The zero-order chi connectivity index (χ0) is 24.0. The summed E-state index contributed by atoms with van der Waals surface area (Å²) in [5.41, 5.74) is 2.88. The second kappa shape index (κ2) is 11.0. The monoisotopic (exact) mass is 479 g/mol. The first-order chi connectivity index (χ1) is 15.9. The SMILES string of the molecule is Cc1cccc(-n2c(SCC(=O)N(CCC#N)CCC#N)nc3cc(Cl)ccc3c2=O)c1C. The predicted octanol–water partition coefficient (Wildman–Crippen LogP) is 4.40. The summed E-state index contributed by atoms with van der Waals surface area (Å²) >= 11 is 7.27. The number of amides is 1. The van der Waals surface area contributed by atoms with E-state index in [0.29, 0.717) is 26.8 Å². The van der Waals surface area contributed by atoms with Crippen LogP contribution in [0.15, 0.2) is 46.3 Å². The molecule has 0 fully saturated rings. The number of carbonyl (C=O) groups excluding carboxylic acids is 1. The Morgan fingerprint density at radius 2 is 1.85 bits per heavy atom. The molecule has 1 amide bonds. The molecule has 3 rings (SSSR count). The number of hydrogen-bond donors (Lipinski definition) is 0. The molecule has 7 nitrogen and oxygen atoms in total. The van der Waals surface area contributed by atoms with Crippen LogP contribution >= 0.6 is 23.4 Å². The van der Waals surface area contributed by atoms with Gasteiger partial charge in [-0.05, 0) is 49.2 Å². The molecule has 0 bridgehead atoms. The fourth-order valence-corrected chi connectivity index (χ4v) is 4.45. The van der Waals surface area contributed by atoms with Crippen LogP contribution in [0.4, 0.5) is 0 Å². The highest BCUT2D eigenvalue weighted by molar-refractivity contribution is 7.99. The van der Waals surface area contributed by atoms with Crippen LogP contribution in [0.5, 0.6) is 0 Å². The molecule has 0 saturated heterocycles.